The van der Waals surface area contributed by atoms with Gasteiger partial charge >= 0.3 is 5.97 Å². The molecule has 0 aliphatic rings. The molecule has 0 spiro atoms. The Labute approximate surface area is 135 Å². The fraction of sp³-hybridized carbons (Fsp3) is 0.538. The highest BCUT2D eigenvalue weighted by Gasteiger charge is 2.15. The van der Waals surface area contributed by atoms with Crippen LogP contribution in [-0.2, 0) is 16.1 Å². The van der Waals surface area contributed by atoms with Gasteiger partial charge in [-0.2, -0.15) is 0 Å². The van der Waals surface area contributed by atoms with Crippen molar-refractivity contribution in [1.82, 2.24) is 4.98 Å². The van der Waals surface area contributed by atoms with Crippen LogP contribution in [0.25, 0.3) is 0 Å². The fourth-order valence-corrected chi connectivity index (χ4v) is 2.00. The highest BCUT2D eigenvalue weighted by Crippen LogP contribution is 2.15. The van der Waals surface area contributed by atoms with Crippen molar-refractivity contribution < 1.29 is 9.53 Å². The molecule has 1 aromatic rings. The molecule has 1 atom stereocenters. The largest absolute Gasteiger partial charge is 0.460 e. The van der Waals surface area contributed by atoms with E-state index in [2.05, 4.69) is 18.8 Å². The van der Waals surface area contributed by atoms with Gasteiger partial charge in [0.05, 0.1) is 0 Å². The van der Waals surface area contributed by atoms with Crippen LogP contribution in [0.3, 0.4) is 0 Å². The summed E-state index contributed by atoms with van der Waals surface area (Å²) in [5, 5.41) is 0.533. The number of hydrogen-bond acceptors (Lipinski definition) is 4. The number of hydrogen-bond donors (Lipinski definition) is 1. The van der Waals surface area contributed by atoms with Crippen molar-refractivity contribution in [3.63, 3.8) is 0 Å². The van der Waals surface area contributed by atoms with Gasteiger partial charge in [0.25, 0.3) is 0 Å². The lowest BCUT2D eigenvalue weighted by atomic mass is 10.0. The maximum atomic E-state index is 11.7. The van der Waals surface area contributed by atoms with E-state index in [4.69, 9.17) is 33.7 Å². The third kappa shape index (κ3) is 7.29. The maximum absolute atomic E-state index is 11.7. The molecular weight excluding hydrogens is 323 g/mol. The monoisotopic (exact) mass is 340 g/mol. The van der Waals surface area contributed by atoms with Crippen LogP contribution in [0.15, 0.2) is 12.1 Å². The molecule has 0 aliphatic carbocycles. The van der Waals surface area contributed by atoms with E-state index in [9.17, 15) is 4.79 Å². The number of halogens is 3. The molecule has 1 aromatic heterocycles. The zero-order valence-corrected chi connectivity index (χ0v) is 13.8. The van der Waals surface area contributed by atoms with E-state index in [0.717, 1.165) is 6.42 Å². The first-order valence-corrected chi connectivity index (χ1v) is 6.88. The summed E-state index contributed by atoms with van der Waals surface area (Å²) in [5.74, 6) is 0.0985. The highest BCUT2D eigenvalue weighted by molar-refractivity contribution is 6.32. The number of nitrogens with zero attached hydrogens (tertiary/aromatic N) is 1. The summed E-state index contributed by atoms with van der Waals surface area (Å²) >= 11 is 11.5. The Kier molecular flexibility index (Phi) is 9.14. The minimum Gasteiger partial charge on any atom is -0.460 e. The van der Waals surface area contributed by atoms with Crippen molar-refractivity contribution in [1.29, 1.82) is 0 Å². The lowest BCUT2D eigenvalue weighted by Crippen LogP contribution is -2.32. The van der Waals surface area contributed by atoms with Crippen molar-refractivity contribution in [3.8, 4) is 0 Å². The maximum Gasteiger partial charge on any atom is 0.323 e. The van der Waals surface area contributed by atoms with Crippen molar-refractivity contribution in [3.05, 3.63) is 28.0 Å². The molecule has 0 bridgehead atoms. The van der Waals surface area contributed by atoms with Crippen molar-refractivity contribution >= 4 is 41.6 Å². The molecule has 7 heteroatoms. The number of ether oxygens (including phenoxy) is 1. The summed E-state index contributed by atoms with van der Waals surface area (Å²) in [6, 6.07) is 2.61. The molecule has 0 fully saturated rings. The molecule has 0 unspecified atom stereocenters. The Morgan fingerprint density at radius 2 is 1.85 bits per heavy atom. The number of esters is 1. The molecule has 2 N–H and O–H groups in total. The predicted octanol–water partition coefficient (Wildman–Crippen LogP) is 3.62. The number of pyridine rings is 1. The van der Waals surface area contributed by atoms with E-state index < -0.39 is 12.0 Å². The first-order chi connectivity index (χ1) is 8.88. The molecular formula is C13H19Cl3N2O2. The molecule has 0 saturated heterocycles. The Morgan fingerprint density at radius 3 is 2.35 bits per heavy atom. The van der Waals surface area contributed by atoms with Gasteiger partial charge in [0.1, 0.15) is 23.0 Å². The minimum atomic E-state index is -0.588. The van der Waals surface area contributed by atoms with E-state index in [1.54, 1.807) is 12.1 Å². The van der Waals surface area contributed by atoms with Gasteiger partial charge in [-0.1, -0.05) is 37.0 Å². The summed E-state index contributed by atoms with van der Waals surface area (Å²) < 4.78 is 5.12. The molecule has 4 nitrogen and oxygen atoms in total. The quantitative estimate of drug-likeness (QED) is 0.634. The summed E-state index contributed by atoms with van der Waals surface area (Å²) in [6.45, 7) is 4.26. The van der Waals surface area contributed by atoms with Crippen LogP contribution in [0.5, 0.6) is 0 Å². The fourth-order valence-electron chi connectivity index (χ4n) is 1.49. The minimum absolute atomic E-state index is 0. The van der Waals surface area contributed by atoms with Gasteiger partial charge in [-0.05, 0) is 36.5 Å². The van der Waals surface area contributed by atoms with Crippen LogP contribution in [-0.4, -0.2) is 17.0 Å². The number of carbonyl (C=O) groups is 1. The zero-order chi connectivity index (χ0) is 14.4. The first-order valence-electron chi connectivity index (χ1n) is 6.12. The second kappa shape index (κ2) is 9.40. The molecule has 0 aliphatic heterocycles. The second-order valence-electron chi connectivity index (χ2n) is 4.81. The Hall–Kier alpha value is -0.550. The van der Waals surface area contributed by atoms with E-state index in [-0.39, 0.29) is 29.3 Å². The van der Waals surface area contributed by atoms with E-state index in [1.807, 2.05) is 0 Å². The van der Waals surface area contributed by atoms with Crippen LogP contribution >= 0.6 is 35.6 Å². The van der Waals surface area contributed by atoms with Gasteiger partial charge in [0, 0.05) is 0 Å². The first kappa shape index (κ1) is 19.4. The number of aromatic nitrogens is 1. The highest BCUT2D eigenvalue weighted by atomic mass is 35.5. The second-order valence-corrected chi connectivity index (χ2v) is 5.58. The lowest BCUT2D eigenvalue weighted by molar-refractivity contribution is -0.146. The van der Waals surface area contributed by atoms with Gasteiger partial charge in [-0.3, -0.25) is 4.79 Å². The topological polar surface area (TPSA) is 65.2 Å². The van der Waals surface area contributed by atoms with Crippen molar-refractivity contribution in [2.24, 2.45) is 11.7 Å². The SMILES string of the molecule is CC(C)CC[C@H](N)C(=O)OCc1cc(Cl)nc(Cl)c1.Cl. The van der Waals surface area contributed by atoms with E-state index in [1.165, 1.54) is 0 Å². The average Bonchev–Trinajstić information content (AvgIpc) is 2.31. The molecule has 20 heavy (non-hydrogen) atoms. The van der Waals surface area contributed by atoms with Crippen LogP contribution in [0.4, 0.5) is 0 Å². The molecule has 114 valence electrons. The predicted molar refractivity (Wildman–Crippen MR) is 83.3 cm³/mol. The van der Waals surface area contributed by atoms with Gasteiger partial charge in [0.15, 0.2) is 0 Å². The summed E-state index contributed by atoms with van der Waals surface area (Å²) in [4.78, 5) is 15.5. The van der Waals surface area contributed by atoms with E-state index in [0.29, 0.717) is 17.9 Å². The molecule has 0 saturated carbocycles. The molecule has 0 amide bonds. The van der Waals surface area contributed by atoms with Crippen LogP contribution in [0.2, 0.25) is 10.3 Å². The molecule has 1 rings (SSSR count). The number of nitrogens with two attached hydrogens (primary N) is 1. The van der Waals surface area contributed by atoms with Crippen LogP contribution in [0, 0.1) is 5.92 Å². The van der Waals surface area contributed by atoms with Gasteiger partial charge in [-0.25, -0.2) is 4.98 Å². The number of rotatable bonds is 6. The van der Waals surface area contributed by atoms with Gasteiger partial charge in [-0.15, -0.1) is 12.4 Å². The lowest BCUT2D eigenvalue weighted by Gasteiger charge is -2.12. The standard InChI is InChI=1S/C13H18Cl2N2O2.ClH/c1-8(2)3-4-10(16)13(18)19-7-9-5-11(14)17-12(15)6-9;/h5-6,8,10H,3-4,7,16H2,1-2H3;1H/t10-;/m0./s1. The Bertz CT molecular complexity index is 421. The average molecular weight is 342 g/mol. The number of carbonyl (C=O) groups excluding carboxylic acids is 1. The summed E-state index contributed by atoms with van der Waals surface area (Å²) in [5.41, 5.74) is 6.44. The normalized spacial score (nSPS) is 11.9. The van der Waals surface area contributed by atoms with Crippen LogP contribution < -0.4 is 5.73 Å². The molecule has 0 aromatic carbocycles. The molecule has 1 heterocycles. The van der Waals surface area contributed by atoms with Gasteiger partial charge < -0.3 is 10.5 Å². The Morgan fingerprint density at radius 1 is 1.30 bits per heavy atom. The summed E-state index contributed by atoms with van der Waals surface area (Å²) in [6.07, 6.45) is 1.51. The van der Waals surface area contributed by atoms with Gasteiger partial charge in [0.2, 0.25) is 0 Å². The van der Waals surface area contributed by atoms with Crippen molar-refractivity contribution in [2.75, 3.05) is 0 Å². The third-order valence-corrected chi connectivity index (χ3v) is 2.95. The van der Waals surface area contributed by atoms with Crippen LogP contribution in [0.1, 0.15) is 32.3 Å². The van der Waals surface area contributed by atoms with E-state index >= 15 is 0 Å². The van der Waals surface area contributed by atoms with Crippen molar-refractivity contribution in [2.45, 2.75) is 39.3 Å². The zero-order valence-electron chi connectivity index (χ0n) is 11.4. The third-order valence-electron chi connectivity index (χ3n) is 2.56. The molecule has 0 radical (unpaired) electrons. The smallest absolute Gasteiger partial charge is 0.323 e. The Balaban J connectivity index is 0.00000361. The summed E-state index contributed by atoms with van der Waals surface area (Å²) in [7, 11) is 0.